The maximum absolute atomic E-state index is 13.3. The Hall–Kier alpha value is -2.63. The Balaban J connectivity index is 1.21. The van der Waals surface area contributed by atoms with E-state index in [-0.39, 0.29) is 11.3 Å². The Morgan fingerprint density at radius 1 is 0.974 bits per heavy atom. The summed E-state index contributed by atoms with van der Waals surface area (Å²) in [5.41, 5.74) is 3.12. The largest absolute Gasteiger partial charge is 0.367 e. The molecule has 3 aliphatic rings. The summed E-state index contributed by atoms with van der Waals surface area (Å²) in [5, 5.41) is 1.35. The topological polar surface area (TPSA) is 37.7 Å². The van der Waals surface area contributed by atoms with Crippen molar-refractivity contribution in [3.63, 3.8) is 0 Å². The number of ether oxygens (including phenoxy) is 1. The van der Waals surface area contributed by atoms with Gasteiger partial charge in [-0.1, -0.05) is 69.3 Å². The summed E-state index contributed by atoms with van der Waals surface area (Å²) in [6.45, 7) is 11.2. The normalized spacial score (nSPS) is 28.2. The van der Waals surface area contributed by atoms with Gasteiger partial charge in [0.1, 0.15) is 5.60 Å². The van der Waals surface area contributed by atoms with Crippen molar-refractivity contribution in [2.45, 2.75) is 83.5 Å². The van der Waals surface area contributed by atoms with Gasteiger partial charge in [-0.2, -0.15) is 0 Å². The fraction of sp³-hybridized carbons (Fsp3) is 0.545. The van der Waals surface area contributed by atoms with Crippen LogP contribution in [0.25, 0.3) is 10.9 Å². The first-order valence-corrected chi connectivity index (χ1v) is 14.6. The van der Waals surface area contributed by atoms with E-state index in [1.807, 2.05) is 20.8 Å². The third kappa shape index (κ3) is 4.58. The van der Waals surface area contributed by atoms with Crippen LogP contribution in [0.3, 0.4) is 0 Å². The number of hydrogen-bond donors (Lipinski definition) is 0. The monoisotopic (exact) mass is 513 g/mol. The Morgan fingerprint density at radius 2 is 1.66 bits per heavy atom. The summed E-state index contributed by atoms with van der Waals surface area (Å²) < 4.78 is 9.26. The SMILES string of the molecule is Cc1cc2ccccc2n1[C@H]1C[C@H]2CC[C@@H](C1)N2CCC1(c2ccccc2)CN(C(=O)C(C)(C)C)CCO1. The van der Waals surface area contributed by atoms with Gasteiger partial charge in [0.2, 0.25) is 5.91 Å². The van der Waals surface area contributed by atoms with Crippen LogP contribution in [0.1, 0.15) is 70.2 Å². The molecule has 3 aliphatic heterocycles. The Labute approximate surface area is 227 Å². The second-order valence-electron chi connectivity index (χ2n) is 12.9. The lowest BCUT2D eigenvalue weighted by atomic mass is 9.85. The van der Waals surface area contributed by atoms with Crippen LogP contribution in [0.2, 0.25) is 0 Å². The van der Waals surface area contributed by atoms with Crippen LogP contribution in [0.15, 0.2) is 60.7 Å². The van der Waals surface area contributed by atoms with Crippen LogP contribution in [0.4, 0.5) is 0 Å². The zero-order valence-corrected chi connectivity index (χ0v) is 23.5. The van der Waals surface area contributed by atoms with Crippen LogP contribution in [0, 0.1) is 12.3 Å². The zero-order valence-electron chi connectivity index (χ0n) is 23.5. The van der Waals surface area contributed by atoms with E-state index < -0.39 is 5.60 Å². The highest BCUT2D eigenvalue weighted by Gasteiger charge is 2.45. The molecule has 3 aromatic rings. The van der Waals surface area contributed by atoms with Gasteiger partial charge >= 0.3 is 0 Å². The minimum absolute atomic E-state index is 0.219. The molecule has 0 aliphatic carbocycles. The summed E-state index contributed by atoms with van der Waals surface area (Å²) in [4.78, 5) is 18.1. The van der Waals surface area contributed by atoms with Crippen molar-refractivity contribution in [2.24, 2.45) is 5.41 Å². The number of carbonyl (C=O) groups excluding carboxylic acids is 1. The van der Waals surface area contributed by atoms with Crippen LogP contribution < -0.4 is 0 Å². The van der Waals surface area contributed by atoms with E-state index in [0.29, 0.717) is 37.8 Å². The first kappa shape index (κ1) is 25.6. The molecule has 3 saturated heterocycles. The smallest absolute Gasteiger partial charge is 0.228 e. The number of rotatable bonds is 5. The average molecular weight is 514 g/mol. The standard InChI is InChI=1S/C33H43N3O2/c1-24-20-25-10-8-9-13-30(25)36(24)29-21-27-14-15-28(22-29)35(27)17-16-33(26-11-6-5-7-12-26)23-34(18-19-38-33)31(37)32(2,3)4/h5-13,20,27-29H,14-19,21-23H2,1-4H3/t27-,28+,29+,33?. The second kappa shape index (κ2) is 9.84. The molecular weight excluding hydrogens is 470 g/mol. The van der Waals surface area contributed by atoms with E-state index in [1.165, 1.54) is 47.8 Å². The molecule has 0 spiro atoms. The van der Waals surface area contributed by atoms with Gasteiger partial charge in [0.05, 0.1) is 13.2 Å². The lowest BCUT2D eigenvalue weighted by Gasteiger charge is -2.47. The van der Waals surface area contributed by atoms with Crippen LogP contribution in [0.5, 0.6) is 0 Å². The van der Waals surface area contributed by atoms with Gasteiger partial charge in [-0.3, -0.25) is 9.69 Å². The minimum Gasteiger partial charge on any atom is -0.367 e. The number of aromatic nitrogens is 1. The molecule has 2 bridgehead atoms. The van der Waals surface area contributed by atoms with E-state index in [9.17, 15) is 4.79 Å². The zero-order chi connectivity index (χ0) is 26.5. The summed E-state index contributed by atoms with van der Waals surface area (Å²) in [6.07, 6.45) is 5.91. The lowest BCUT2D eigenvalue weighted by Crippen LogP contribution is -2.55. The van der Waals surface area contributed by atoms with Gasteiger partial charge in [-0.05, 0) is 62.1 Å². The highest BCUT2D eigenvalue weighted by Crippen LogP contribution is 2.44. The van der Waals surface area contributed by atoms with Crippen molar-refractivity contribution in [3.05, 3.63) is 71.9 Å². The quantitative estimate of drug-likeness (QED) is 0.401. The second-order valence-corrected chi connectivity index (χ2v) is 12.9. The number of hydrogen-bond acceptors (Lipinski definition) is 3. The van der Waals surface area contributed by atoms with Crippen molar-refractivity contribution in [1.82, 2.24) is 14.4 Å². The Morgan fingerprint density at radius 3 is 2.37 bits per heavy atom. The predicted molar refractivity (Wildman–Crippen MR) is 153 cm³/mol. The van der Waals surface area contributed by atoms with Crippen LogP contribution in [-0.2, 0) is 15.1 Å². The van der Waals surface area contributed by atoms with Gasteiger partial charge in [-0.15, -0.1) is 0 Å². The Bertz CT molecular complexity index is 1280. The lowest BCUT2D eigenvalue weighted by molar-refractivity contribution is -0.162. The number of aryl methyl sites for hydroxylation is 1. The molecule has 4 atom stereocenters. The molecule has 202 valence electrons. The molecular formula is C33H43N3O2. The van der Waals surface area contributed by atoms with E-state index in [4.69, 9.17) is 4.74 Å². The van der Waals surface area contributed by atoms with Gasteiger partial charge in [0.15, 0.2) is 0 Å². The van der Waals surface area contributed by atoms with Crippen molar-refractivity contribution in [3.8, 4) is 0 Å². The van der Waals surface area contributed by atoms with Gasteiger partial charge < -0.3 is 14.2 Å². The van der Waals surface area contributed by atoms with E-state index >= 15 is 0 Å². The molecule has 5 heteroatoms. The molecule has 2 aromatic carbocycles. The van der Waals surface area contributed by atoms with E-state index in [0.717, 1.165) is 13.0 Å². The molecule has 0 radical (unpaired) electrons. The fourth-order valence-electron chi connectivity index (χ4n) is 7.57. The maximum Gasteiger partial charge on any atom is 0.228 e. The molecule has 0 N–H and O–H groups in total. The number of morpholine rings is 1. The highest BCUT2D eigenvalue weighted by molar-refractivity contribution is 5.82. The first-order valence-electron chi connectivity index (χ1n) is 14.6. The summed E-state index contributed by atoms with van der Waals surface area (Å²) in [5.74, 6) is 0.219. The van der Waals surface area contributed by atoms with Crippen LogP contribution in [-0.4, -0.2) is 58.6 Å². The van der Waals surface area contributed by atoms with Crippen molar-refractivity contribution >= 4 is 16.8 Å². The maximum atomic E-state index is 13.3. The molecule has 5 nitrogen and oxygen atoms in total. The molecule has 38 heavy (non-hydrogen) atoms. The first-order chi connectivity index (χ1) is 18.2. The third-order valence-corrected chi connectivity index (χ3v) is 9.35. The Kier molecular flexibility index (Phi) is 6.64. The number of para-hydroxylation sites is 1. The predicted octanol–water partition coefficient (Wildman–Crippen LogP) is 6.31. The number of fused-ring (bicyclic) bond motifs is 3. The van der Waals surface area contributed by atoms with Crippen molar-refractivity contribution in [1.29, 1.82) is 0 Å². The van der Waals surface area contributed by atoms with Crippen molar-refractivity contribution in [2.75, 3.05) is 26.2 Å². The fourth-order valence-corrected chi connectivity index (χ4v) is 7.57. The van der Waals surface area contributed by atoms with Gasteiger partial charge in [-0.25, -0.2) is 0 Å². The summed E-state index contributed by atoms with van der Waals surface area (Å²) in [6, 6.07) is 23.6. The molecule has 1 aromatic heterocycles. The number of piperidine rings is 1. The van der Waals surface area contributed by atoms with Gasteiger partial charge in [0.25, 0.3) is 0 Å². The summed E-state index contributed by atoms with van der Waals surface area (Å²) >= 11 is 0. The molecule has 0 saturated carbocycles. The minimum atomic E-state index is -0.454. The number of benzene rings is 2. The van der Waals surface area contributed by atoms with Crippen LogP contribution >= 0.6 is 0 Å². The molecule has 1 unspecified atom stereocenters. The third-order valence-electron chi connectivity index (χ3n) is 9.35. The van der Waals surface area contributed by atoms with E-state index in [1.54, 1.807) is 0 Å². The number of amides is 1. The van der Waals surface area contributed by atoms with Gasteiger partial charge in [0, 0.05) is 47.8 Å². The molecule has 1 amide bonds. The van der Waals surface area contributed by atoms with Crippen molar-refractivity contribution < 1.29 is 9.53 Å². The highest BCUT2D eigenvalue weighted by atomic mass is 16.5. The molecule has 3 fully saturated rings. The number of nitrogens with zero attached hydrogens (tertiary/aromatic N) is 3. The average Bonchev–Trinajstić information content (AvgIpc) is 3.37. The summed E-state index contributed by atoms with van der Waals surface area (Å²) in [7, 11) is 0. The molecule has 4 heterocycles. The van der Waals surface area contributed by atoms with E-state index in [2.05, 4.69) is 82.0 Å². The number of carbonyl (C=O) groups is 1. The molecule has 6 rings (SSSR count).